The zero-order chi connectivity index (χ0) is 33.1. The predicted octanol–water partition coefficient (Wildman–Crippen LogP) is 3.30. The maximum atomic E-state index is 14.2. The molecule has 1 N–H and O–H groups in total. The van der Waals surface area contributed by atoms with Crippen LogP contribution in [0, 0.1) is 29.1 Å². The summed E-state index contributed by atoms with van der Waals surface area (Å²) < 4.78 is 25.0. The first-order valence-corrected chi connectivity index (χ1v) is 16.8. The van der Waals surface area contributed by atoms with Gasteiger partial charge in [-0.1, -0.05) is 27.7 Å². The number of cyclic esters (lactones) is 1. The number of likely N-dealkylation sites (N-methyl/N-ethyl adjacent to an activating group) is 2. The van der Waals surface area contributed by atoms with Gasteiger partial charge in [-0.3, -0.25) is 14.5 Å². The van der Waals surface area contributed by atoms with Gasteiger partial charge in [0, 0.05) is 44.7 Å². The van der Waals surface area contributed by atoms with Crippen LogP contribution in [0.1, 0.15) is 74.7 Å². The molecule has 3 saturated heterocycles. The molecule has 0 aromatic rings. The topological polar surface area (TPSA) is 101 Å². The molecular weight excluding hydrogens is 562 g/mol. The average molecular weight is 626 g/mol. The van der Waals surface area contributed by atoms with Crippen molar-refractivity contribution in [1.82, 2.24) is 14.7 Å². The summed E-state index contributed by atoms with van der Waals surface area (Å²) in [5.41, 5.74) is -2.30. The van der Waals surface area contributed by atoms with E-state index in [-0.39, 0.29) is 36.5 Å². The highest BCUT2D eigenvalue weighted by Gasteiger charge is 2.51. The molecule has 0 aliphatic carbocycles. The number of carbonyl (C=O) groups excluding carboxylic acids is 2. The van der Waals surface area contributed by atoms with E-state index in [4.69, 9.17) is 18.9 Å². The first kappa shape index (κ1) is 37.3. The molecule has 0 aromatic carbocycles. The summed E-state index contributed by atoms with van der Waals surface area (Å²) in [5.74, 6) is -0.414. The van der Waals surface area contributed by atoms with Gasteiger partial charge in [-0.25, -0.2) is 0 Å². The molecule has 44 heavy (non-hydrogen) atoms. The van der Waals surface area contributed by atoms with Crippen molar-refractivity contribution in [2.75, 3.05) is 61.0 Å². The van der Waals surface area contributed by atoms with E-state index in [1.807, 2.05) is 32.8 Å². The molecule has 0 spiro atoms. The van der Waals surface area contributed by atoms with E-state index in [0.29, 0.717) is 24.7 Å². The SMILES string of the molecule is CO[C@]1(C)C[C@@H](C)CN(C)[C@@H](C2CCN(CC(C)C)C2)COC(=O)C(C)(C)C(=O)[C@H](C)[C@H]1O[C@@H]1O[C@H](C)C[C@H](N(C)C)[C@H]1O. The van der Waals surface area contributed by atoms with Crippen molar-refractivity contribution in [2.24, 2.45) is 29.1 Å². The summed E-state index contributed by atoms with van der Waals surface area (Å²) in [6, 6.07) is -0.125. The third kappa shape index (κ3) is 8.60. The average Bonchev–Trinajstić information content (AvgIpc) is 3.38. The van der Waals surface area contributed by atoms with Crippen molar-refractivity contribution in [3.05, 3.63) is 0 Å². The lowest BCUT2D eigenvalue weighted by Gasteiger charge is -2.47. The maximum absolute atomic E-state index is 14.2. The fraction of sp³-hybridized carbons (Fsp3) is 0.941. The van der Waals surface area contributed by atoms with Gasteiger partial charge in [0.1, 0.15) is 18.1 Å². The number of Topliss-reactive ketones (excluding diaryl/α,β-unsaturated/α-hetero) is 1. The van der Waals surface area contributed by atoms with Crippen LogP contribution in [0.15, 0.2) is 0 Å². The number of methoxy groups -OCH3 is 1. The summed E-state index contributed by atoms with van der Waals surface area (Å²) in [6.07, 6.45) is -0.485. The van der Waals surface area contributed by atoms with Gasteiger partial charge < -0.3 is 33.9 Å². The van der Waals surface area contributed by atoms with Gasteiger partial charge >= 0.3 is 5.97 Å². The minimum Gasteiger partial charge on any atom is -0.463 e. The fourth-order valence-electron chi connectivity index (χ4n) is 7.92. The Bertz CT molecular complexity index is 961. The van der Waals surface area contributed by atoms with E-state index < -0.39 is 41.4 Å². The normalized spacial score (nSPS) is 40.5. The standard InChI is InChI=1S/C34H63N3O7/c1-21(2)17-37-14-13-25(19-37)27-20-42-32(40)33(6,7)29(39)24(5)30(34(8,41-12)16-22(3)18-36(27)11)44-31-28(38)26(35(9)10)15-23(4)43-31/h21-28,30-31,38H,13-20H2,1-12H3/t22-,23-,24+,25?,26+,27-,28-,30-,31+,34-/m1/s1. The van der Waals surface area contributed by atoms with Gasteiger partial charge in [-0.05, 0) is 92.4 Å². The number of nitrogens with zero attached hydrogens (tertiary/aromatic N) is 3. The number of aliphatic hydroxyl groups is 1. The zero-order valence-corrected chi connectivity index (χ0v) is 29.7. The number of aliphatic hydroxyl groups excluding tert-OH is 1. The highest BCUT2D eigenvalue weighted by Crippen LogP contribution is 2.38. The van der Waals surface area contributed by atoms with Crippen molar-refractivity contribution in [3.63, 3.8) is 0 Å². The van der Waals surface area contributed by atoms with Crippen LogP contribution in [0.2, 0.25) is 0 Å². The summed E-state index contributed by atoms with van der Waals surface area (Å²) in [4.78, 5) is 34.7. The molecule has 10 atom stereocenters. The van der Waals surface area contributed by atoms with E-state index in [2.05, 4.69) is 37.6 Å². The van der Waals surface area contributed by atoms with Gasteiger partial charge in [0.25, 0.3) is 0 Å². The first-order valence-electron chi connectivity index (χ1n) is 16.8. The second-order valence-electron chi connectivity index (χ2n) is 15.5. The van der Waals surface area contributed by atoms with Crippen LogP contribution < -0.4 is 0 Å². The molecule has 3 heterocycles. The molecule has 3 fully saturated rings. The minimum absolute atomic E-state index is 0.0405. The highest BCUT2D eigenvalue weighted by atomic mass is 16.7. The number of esters is 1. The predicted molar refractivity (Wildman–Crippen MR) is 171 cm³/mol. The zero-order valence-electron chi connectivity index (χ0n) is 29.7. The summed E-state index contributed by atoms with van der Waals surface area (Å²) in [6.45, 7) is 19.8. The Labute approximate surface area is 267 Å². The van der Waals surface area contributed by atoms with Crippen molar-refractivity contribution >= 4 is 11.8 Å². The Balaban J connectivity index is 1.96. The van der Waals surface area contributed by atoms with E-state index in [1.54, 1.807) is 27.9 Å². The van der Waals surface area contributed by atoms with Crippen LogP contribution in [-0.4, -0.2) is 135 Å². The number of likely N-dealkylation sites (tertiary alicyclic amines) is 1. The second kappa shape index (κ2) is 15.2. The van der Waals surface area contributed by atoms with Crippen LogP contribution in [0.4, 0.5) is 0 Å². The van der Waals surface area contributed by atoms with E-state index in [0.717, 1.165) is 32.6 Å². The van der Waals surface area contributed by atoms with Crippen molar-refractivity contribution in [2.45, 2.75) is 117 Å². The number of ketones is 1. The Hall–Kier alpha value is -1.14. The quantitative estimate of drug-likeness (QED) is 0.335. The number of rotatable bonds is 7. The third-order valence-corrected chi connectivity index (χ3v) is 10.4. The van der Waals surface area contributed by atoms with Crippen molar-refractivity contribution < 1.29 is 33.6 Å². The Morgan fingerprint density at radius 2 is 1.77 bits per heavy atom. The molecule has 10 nitrogen and oxygen atoms in total. The summed E-state index contributed by atoms with van der Waals surface area (Å²) in [7, 11) is 7.63. The lowest BCUT2D eigenvalue weighted by molar-refractivity contribution is -0.295. The van der Waals surface area contributed by atoms with Crippen LogP contribution in [-0.2, 0) is 28.5 Å². The molecule has 0 bridgehead atoms. The van der Waals surface area contributed by atoms with E-state index >= 15 is 0 Å². The smallest absolute Gasteiger partial charge is 0.319 e. The lowest BCUT2D eigenvalue weighted by Crippen LogP contribution is -2.59. The molecule has 0 amide bonds. The second-order valence-corrected chi connectivity index (χ2v) is 15.5. The van der Waals surface area contributed by atoms with Crippen LogP contribution in [0.5, 0.6) is 0 Å². The van der Waals surface area contributed by atoms with Crippen molar-refractivity contribution in [1.29, 1.82) is 0 Å². The lowest BCUT2D eigenvalue weighted by atomic mass is 9.74. The molecule has 0 saturated carbocycles. The summed E-state index contributed by atoms with van der Waals surface area (Å²) in [5, 5.41) is 11.3. The van der Waals surface area contributed by atoms with Gasteiger partial charge in [-0.2, -0.15) is 0 Å². The third-order valence-electron chi connectivity index (χ3n) is 10.4. The van der Waals surface area contributed by atoms with E-state index in [1.165, 1.54) is 0 Å². The molecule has 3 rings (SSSR count). The van der Waals surface area contributed by atoms with Gasteiger partial charge in [0.05, 0.1) is 17.8 Å². The van der Waals surface area contributed by atoms with Gasteiger partial charge in [0.15, 0.2) is 12.1 Å². The summed E-state index contributed by atoms with van der Waals surface area (Å²) >= 11 is 0. The van der Waals surface area contributed by atoms with Crippen molar-refractivity contribution in [3.8, 4) is 0 Å². The highest BCUT2D eigenvalue weighted by molar-refractivity contribution is 6.04. The van der Waals surface area contributed by atoms with Gasteiger partial charge in [-0.15, -0.1) is 0 Å². The number of carbonyl (C=O) groups is 2. The largest absolute Gasteiger partial charge is 0.463 e. The molecule has 10 heteroatoms. The fourth-order valence-corrected chi connectivity index (χ4v) is 7.92. The number of hydrogen-bond donors (Lipinski definition) is 1. The first-order chi connectivity index (χ1) is 20.4. The number of hydrogen-bond acceptors (Lipinski definition) is 10. The minimum atomic E-state index is -1.40. The van der Waals surface area contributed by atoms with E-state index in [9.17, 15) is 14.7 Å². The molecular formula is C34H63N3O7. The Morgan fingerprint density at radius 1 is 1.11 bits per heavy atom. The molecule has 0 aromatic heterocycles. The Morgan fingerprint density at radius 3 is 2.36 bits per heavy atom. The van der Waals surface area contributed by atoms with Gasteiger partial charge in [0.2, 0.25) is 0 Å². The molecule has 3 aliphatic rings. The number of ether oxygens (including phenoxy) is 4. The molecule has 1 unspecified atom stereocenters. The molecule has 0 radical (unpaired) electrons. The molecule has 256 valence electrons. The maximum Gasteiger partial charge on any atom is 0.319 e. The van der Waals surface area contributed by atoms with Crippen LogP contribution in [0.3, 0.4) is 0 Å². The van der Waals surface area contributed by atoms with Crippen LogP contribution >= 0.6 is 0 Å². The molecule has 3 aliphatic heterocycles. The monoisotopic (exact) mass is 625 g/mol. The Kier molecular flexibility index (Phi) is 12.9. The van der Waals surface area contributed by atoms with Crippen LogP contribution in [0.25, 0.3) is 0 Å².